The SMILES string of the molecule is CCc1ccncc1.CCc1ccncc1.CCc1ccncc1.[Cl][Cr]([Cl])[Cl]. The van der Waals surface area contributed by atoms with Crippen LogP contribution >= 0.6 is 30.1 Å². The third-order valence-electron chi connectivity index (χ3n) is 3.47. The molecule has 3 heterocycles. The molecule has 3 aromatic rings. The molecule has 3 nitrogen and oxygen atoms in total. The zero-order valence-corrected chi connectivity index (χ0v) is 20.0. The molecule has 0 saturated heterocycles. The predicted octanol–water partition coefficient (Wildman–Crippen LogP) is 7.00. The summed E-state index contributed by atoms with van der Waals surface area (Å²) in [5.74, 6) is 0. The molecule has 28 heavy (non-hydrogen) atoms. The van der Waals surface area contributed by atoms with Gasteiger partial charge in [-0.05, 0) is 72.4 Å². The van der Waals surface area contributed by atoms with E-state index < -0.39 is 11.4 Å². The van der Waals surface area contributed by atoms with Crippen molar-refractivity contribution in [1.82, 2.24) is 15.0 Å². The Morgan fingerprint density at radius 3 is 0.821 bits per heavy atom. The molecule has 0 fully saturated rings. The molecule has 0 saturated carbocycles. The molecule has 0 aliphatic heterocycles. The van der Waals surface area contributed by atoms with Crippen molar-refractivity contribution >= 4 is 30.1 Å². The zero-order valence-electron chi connectivity index (χ0n) is 16.4. The second kappa shape index (κ2) is 19.2. The number of hydrogen-bond acceptors (Lipinski definition) is 3. The second-order valence-corrected chi connectivity index (χ2v) is 11.6. The summed E-state index contributed by atoms with van der Waals surface area (Å²) in [5, 5.41) is 0. The van der Waals surface area contributed by atoms with Crippen LogP contribution in [0.3, 0.4) is 0 Å². The van der Waals surface area contributed by atoms with Gasteiger partial charge in [0.1, 0.15) is 0 Å². The van der Waals surface area contributed by atoms with Crippen LogP contribution in [-0.2, 0) is 30.6 Å². The Morgan fingerprint density at radius 2 is 0.714 bits per heavy atom. The van der Waals surface area contributed by atoms with Gasteiger partial charge < -0.3 is 0 Å². The van der Waals surface area contributed by atoms with E-state index in [2.05, 4.69) is 35.7 Å². The zero-order chi connectivity index (χ0) is 21.0. The first-order valence-electron chi connectivity index (χ1n) is 8.93. The minimum absolute atomic E-state index is 1.10. The third kappa shape index (κ3) is 17.0. The van der Waals surface area contributed by atoms with Gasteiger partial charge in [-0.15, -0.1) is 0 Å². The molecular formula is C21H27Cl3CrN3. The predicted molar refractivity (Wildman–Crippen MR) is 118 cm³/mol. The van der Waals surface area contributed by atoms with Gasteiger partial charge in [0.2, 0.25) is 0 Å². The quantitative estimate of drug-likeness (QED) is 0.406. The van der Waals surface area contributed by atoms with Gasteiger partial charge >= 0.3 is 41.5 Å². The molecule has 0 amide bonds. The van der Waals surface area contributed by atoms with Gasteiger partial charge in [0, 0.05) is 37.2 Å². The molecule has 0 aliphatic carbocycles. The van der Waals surface area contributed by atoms with Crippen molar-refractivity contribution in [2.24, 2.45) is 0 Å². The average Bonchev–Trinajstić information content (AvgIpc) is 2.76. The Labute approximate surface area is 186 Å². The summed E-state index contributed by atoms with van der Waals surface area (Å²) < 4.78 is 0. The van der Waals surface area contributed by atoms with E-state index >= 15 is 0 Å². The van der Waals surface area contributed by atoms with E-state index in [1.54, 1.807) is 0 Å². The molecular weight excluding hydrogens is 453 g/mol. The van der Waals surface area contributed by atoms with Crippen LogP contribution in [0.1, 0.15) is 37.5 Å². The van der Waals surface area contributed by atoms with Crippen LogP contribution in [0.5, 0.6) is 0 Å². The van der Waals surface area contributed by atoms with E-state index in [9.17, 15) is 0 Å². The van der Waals surface area contributed by atoms with Gasteiger partial charge in [0.05, 0.1) is 0 Å². The van der Waals surface area contributed by atoms with E-state index in [4.69, 9.17) is 30.1 Å². The summed E-state index contributed by atoms with van der Waals surface area (Å²) in [6.45, 7) is 6.40. The standard InChI is InChI=1S/3C7H9N.3ClH.Cr/c3*1-2-7-3-5-8-6-4-7;;;;/h3*3-6H,2H2,1H3;3*1H;/q;;;;;;+3/p-3. The molecule has 3 rings (SSSR count). The van der Waals surface area contributed by atoms with Crippen molar-refractivity contribution in [2.75, 3.05) is 0 Å². The second-order valence-electron chi connectivity index (χ2n) is 5.30. The first-order chi connectivity index (χ1) is 13.5. The van der Waals surface area contributed by atoms with Crippen LogP contribution in [0.25, 0.3) is 0 Å². The van der Waals surface area contributed by atoms with Crippen LogP contribution in [0.2, 0.25) is 0 Å². The summed E-state index contributed by atoms with van der Waals surface area (Å²) in [7, 11) is 14.8. The summed E-state index contributed by atoms with van der Waals surface area (Å²) in [4.78, 5) is 11.7. The van der Waals surface area contributed by atoms with E-state index in [0.717, 1.165) is 19.3 Å². The fourth-order valence-corrected chi connectivity index (χ4v) is 1.86. The molecule has 0 N–H and O–H groups in total. The van der Waals surface area contributed by atoms with Crippen molar-refractivity contribution in [3.05, 3.63) is 90.3 Å². The summed E-state index contributed by atoms with van der Waals surface area (Å²) >= 11 is -1.62. The van der Waals surface area contributed by atoms with Crippen molar-refractivity contribution in [2.45, 2.75) is 40.0 Å². The van der Waals surface area contributed by atoms with Gasteiger partial charge in [-0.1, -0.05) is 20.8 Å². The fraction of sp³-hybridized carbons (Fsp3) is 0.286. The van der Waals surface area contributed by atoms with E-state index in [-0.39, 0.29) is 0 Å². The van der Waals surface area contributed by atoms with Crippen LogP contribution in [0.15, 0.2) is 73.6 Å². The van der Waals surface area contributed by atoms with Gasteiger partial charge in [0.15, 0.2) is 0 Å². The van der Waals surface area contributed by atoms with Crippen molar-refractivity contribution in [3.63, 3.8) is 0 Å². The van der Waals surface area contributed by atoms with Crippen LogP contribution < -0.4 is 0 Å². The Bertz CT molecular complexity index is 590. The molecule has 0 bridgehead atoms. The maximum absolute atomic E-state index is 4.93. The molecule has 0 aromatic carbocycles. The van der Waals surface area contributed by atoms with Crippen LogP contribution in [0, 0.1) is 0 Å². The molecule has 0 atom stereocenters. The van der Waals surface area contributed by atoms with E-state index in [1.807, 2.05) is 73.6 Å². The summed E-state index contributed by atoms with van der Waals surface area (Å²) in [6.07, 6.45) is 14.2. The van der Waals surface area contributed by atoms with Crippen molar-refractivity contribution in [3.8, 4) is 0 Å². The number of aryl methyl sites for hydroxylation is 3. The number of hydrogen-bond donors (Lipinski definition) is 0. The Morgan fingerprint density at radius 1 is 0.536 bits per heavy atom. The van der Waals surface area contributed by atoms with Gasteiger partial charge in [-0.25, -0.2) is 0 Å². The van der Waals surface area contributed by atoms with Crippen LogP contribution in [0.4, 0.5) is 0 Å². The molecule has 0 aliphatic rings. The number of rotatable bonds is 3. The number of aromatic nitrogens is 3. The third-order valence-corrected chi connectivity index (χ3v) is 3.47. The number of nitrogens with zero attached hydrogens (tertiary/aromatic N) is 3. The fourth-order valence-electron chi connectivity index (χ4n) is 1.86. The molecule has 0 spiro atoms. The summed E-state index contributed by atoms with van der Waals surface area (Å²) in [6, 6.07) is 12.2. The van der Waals surface area contributed by atoms with Gasteiger partial charge in [-0.2, -0.15) is 0 Å². The number of pyridine rings is 3. The number of halogens is 3. The van der Waals surface area contributed by atoms with Crippen molar-refractivity contribution < 1.29 is 11.4 Å². The van der Waals surface area contributed by atoms with Crippen molar-refractivity contribution in [1.29, 1.82) is 0 Å². The first kappa shape index (κ1) is 26.9. The maximum atomic E-state index is 4.93. The summed E-state index contributed by atoms with van der Waals surface area (Å²) in [5.41, 5.74) is 4.04. The molecule has 153 valence electrons. The monoisotopic (exact) mass is 478 g/mol. The van der Waals surface area contributed by atoms with Crippen LogP contribution in [-0.4, -0.2) is 15.0 Å². The molecule has 3 aromatic heterocycles. The molecule has 7 heteroatoms. The molecule has 0 radical (unpaired) electrons. The minimum atomic E-state index is -1.62. The average molecular weight is 480 g/mol. The van der Waals surface area contributed by atoms with Gasteiger partial charge in [-0.3, -0.25) is 15.0 Å². The van der Waals surface area contributed by atoms with E-state index in [1.165, 1.54) is 16.7 Å². The van der Waals surface area contributed by atoms with E-state index in [0.29, 0.717) is 0 Å². The first-order valence-corrected chi connectivity index (χ1v) is 14.2. The Balaban J connectivity index is 0.000000358. The Kier molecular flexibility index (Phi) is 18.4. The normalized spacial score (nSPS) is 9.11. The Hall–Kier alpha value is -1.15. The van der Waals surface area contributed by atoms with Gasteiger partial charge in [0.25, 0.3) is 0 Å². The molecule has 0 unspecified atom stereocenters. The topological polar surface area (TPSA) is 38.7 Å².